The van der Waals surface area contributed by atoms with Crippen LogP contribution in [-0.4, -0.2) is 89.9 Å². The number of imidazole rings is 2. The highest BCUT2D eigenvalue weighted by Crippen LogP contribution is 2.19. The van der Waals surface area contributed by atoms with E-state index >= 15 is 0 Å². The van der Waals surface area contributed by atoms with Gasteiger partial charge in [0.05, 0.1) is 18.7 Å². The Morgan fingerprint density at radius 3 is 2.00 bits per heavy atom. The minimum atomic E-state index is -1.28. The van der Waals surface area contributed by atoms with Crippen molar-refractivity contribution >= 4 is 46.4 Å². The van der Waals surface area contributed by atoms with Crippen molar-refractivity contribution in [3.8, 4) is 0 Å². The molecular formula is C28H35N9O5S. The second kappa shape index (κ2) is 15.0. The van der Waals surface area contributed by atoms with E-state index in [1.807, 2.05) is 30.5 Å². The summed E-state index contributed by atoms with van der Waals surface area (Å²) in [5.74, 6) is -2.43. The molecule has 0 radical (unpaired) electrons. The van der Waals surface area contributed by atoms with Crippen LogP contribution in [0.4, 0.5) is 0 Å². The Bertz CT molecular complexity index is 1510. The van der Waals surface area contributed by atoms with Gasteiger partial charge in [0.25, 0.3) is 0 Å². The van der Waals surface area contributed by atoms with Crippen molar-refractivity contribution in [2.75, 3.05) is 12.0 Å². The molecule has 15 heteroatoms. The lowest BCUT2D eigenvalue weighted by molar-refractivity contribution is -0.142. The third-order valence-electron chi connectivity index (χ3n) is 6.91. The van der Waals surface area contributed by atoms with Gasteiger partial charge in [-0.05, 0) is 30.1 Å². The van der Waals surface area contributed by atoms with Crippen molar-refractivity contribution in [2.24, 2.45) is 5.73 Å². The van der Waals surface area contributed by atoms with Crippen molar-refractivity contribution < 1.29 is 24.3 Å². The molecule has 4 aromatic rings. The number of para-hydroxylation sites is 1. The maximum absolute atomic E-state index is 13.6. The zero-order valence-corrected chi connectivity index (χ0v) is 24.3. The quantitative estimate of drug-likeness (QED) is 0.0871. The molecule has 0 aliphatic carbocycles. The highest BCUT2D eigenvalue weighted by atomic mass is 32.2. The summed E-state index contributed by atoms with van der Waals surface area (Å²) in [6.45, 7) is 0. The number of aromatic nitrogens is 5. The molecule has 0 bridgehead atoms. The number of carboxylic acid groups (broad SMARTS) is 1. The van der Waals surface area contributed by atoms with Gasteiger partial charge in [0.2, 0.25) is 17.7 Å². The number of thioether (sulfide) groups is 1. The molecule has 4 rings (SSSR count). The number of benzene rings is 1. The van der Waals surface area contributed by atoms with Crippen LogP contribution in [0.3, 0.4) is 0 Å². The Balaban J connectivity index is 1.52. The lowest BCUT2D eigenvalue weighted by Gasteiger charge is -2.25. The van der Waals surface area contributed by atoms with E-state index in [4.69, 9.17) is 5.73 Å². The number of aliphatic carboxylic acids is 1. The molecule has 0 aliphatic heterocycles. The molecule has 228 valence electrons. The molecule has 3 aromatic heterocycles. The van der Waals surface area contributed by atoms with Crippen LogP contribution < -0.4 is 21.7 Å². The number of fused-ring (bicyclic) bond motifs is 1. The summed E-state index contributed by atoms with van der Waals surface area (Å²) < 4.78 is 0. The SMILES string of the molecule is CSCCC(N)C(=O)NC(Cc1cnc[nH]1)C(=O)NC(Cc1cnc[nH]1)C(=O)NC(Cc1c[nH]c2ccccc12)C(=O)O. The molecule has 0 saturated carbocycles. The van der Waals surface area contributed by atoms with Crippen molar-refractivity contribution in [3.05, 3.63) is 72.5 Å². The van der Waals surface area contributed by atoms with Crippen LogP contribution in [-0.2, 0) is 38.4 Å². The number of aromatic amines is 3. The van der Waals surface area contributed by atoms with Crippen LogP contribution in [0.2, 0.25) is 0 Å². The van der Waals surface area contributed by atoms with E-state index in [1.165, 1.54) is 25.0 Å². The van der Waals surface area contributed by atoms with Crippen molar-refractivity contribution in [2.45, 2.75) is 49.9 Å². The topological polar surface area (TPSA) is 224 Å². The van der Waals surface area contributed by atoms with Crippen molar-refractivity contribution in [1.82, 2.24) is 40.9 Å². The Morgan fingerprint density at radius 1 is 0.860 bits per heavy atom. The number of hydrogen-bond acceptors (Lipinski definition) is 8. The van der Waals surface area contributed by atoms with E-state index in [2.05, 4.69) is 40.9 Å². The summed E-state index contributed by atoms with van der Waals surface area (Å²) >= 11 is 1.55. The van der Waals surface area contributed by atoms with E-state index in [1.54, 1.807) is 18.0 Å². The van der Waals surface area contributed by atoms with E-state index in [9.17, 15) is 24.3 Å². The van der Waals surface area contributed by atoms with Gasteiger partial charge in [-0.15, -0.1) is 0 Å². The second-order valence-corrected chi connectivity index (χ2v) is 11.0. The molecule has 4 unspecified atom stereocenters. The summed E-state index contributed by atoms with van der Waals surface area (Å²) in [7, 11) is 0. The molecule has 0 fully saturated rings. The second-order valence-electron chi connectivity index (χ2n) is 10.0. The Kier molecular flexibility index (Phi) is 10.9. The zero-order chi connectivity index (χ0) is 30.8. The Labute approximate surface area is 251 Å². The monoisotopic (exact) mass is 609 g/mol. The van der Waals surface area contributed by atoms with Gasteiger partial charge in [0.1, 0.15) is 18.1 Å². The molecule has 0 spiro atoms. The van der Waals surface area contributed by atoms with Crippen LogP contribution >= 0.6 is 11.8 Å². The predicted octanol–water partition coefficient (Wildman–Crippen LogP) is 0.261. The molecule has 0 aliphatic rings. The zero-order valence-electron chi connectivity index (χ0n) is 23.5. The van der Waals surface area contributed by atoms with Crippen LogP contribution in [0.1, 0.15) is 23.4 Å². The normalized spacial score (nSPS) is 14.0. The first-order valence-corrected chi connectivity index (χ1v) is 15.0. The van der Waals surface area contributed by atoms with Gasteiger partial charge < -0.3 is 41.7 Å². The average molecular weight is 610 g/mol. The molecule has 4 atom stereocenters. The Morgan fingerprint density at radius 2 is 1.44 bits per heavy atom. The van der Waals surface area contributed by atoms with Gasteiger partial charge in [-0.1, -0.05) is 18.2 Å². The fourth-order valence-corrected chi connectivity index (χ4v) is 5.06. The average Bonchev–Trinajstić information content (AvgIpc) is 3.78. The van der Waals surface area contributed by atoms with Crippen LogP contribution in [0.5, 0.6) is 0 Å². The first-order valence-electron chi connectivity index (χ1n) is 13.6. The number of nitrogens with two attached hydrogens (primary N) is 1. The minimum Gasteiger partial charge on any atom is -0.480 e. The number of carboxylic acids is 1. The number of nitrogens with one attached hydrogen (secondary N) is 6. The lowest BCUT2D eigenvalue weighted by Crippen LogP contribution is -2.58. The third-order valence-corrected chi connectivity index (χ3v) is 7.55. The van der Waals surface area contributed by atoms with E-state index in [-0.39, 0.29) is 19.3 Å². The van der Waals surface area contributed by atoms with Gasteiger partial charge in [-0.2, -0.15) is 11.8 Å². The van der Waals surface area contributed by atoms with Gasteiger partial charge >= 0.3 is 5.97 Å². The van der Waals surface area contributed by atoms with Gasteiger partial charge in [-0.25, -0.2) is 14.8 Å². The molecule has 3 heterocycles. The summed E-state index contributed by atoms with van der Waals surface area (Å²) in [5, 5.41) is 18.8. The standard InChI is InChI=1S/C28H35N9O5S/c1-43-7-6-20(29)25(38)35-22(9-17-12-30-14-33-17)26(39)36-23(10-18-13-31-15-34-18)27(40)37-24(28(41)42)8-16-11-32-21-5-3-2-4-19(16)21/h2-5,11-15,20,22-24,32H,6-10,29H2,1H3,(H,30,33)(H,31,34)(H,35,38)(H,36,39)(H,37,40)(H,41,42). The number of rotatable bonds is 16. The fourth-order valence-electron chi connectivity index (χ4n) is 4.57. The number of amides is 3. The maximum Gasteiger partial charge on any atom is 0.326 e. The molecular weight excluding hydrogens is 574 g/mol. The van der Waals surface area contributed by atoms with Crippen molar-refractivity contribution in [3.63, 3.8) is 0 Å². The highest BCUT2D eigenvalue weighted by Gasteiger charge is 2.31. The van der Waals surface area contributed by atoms with Crippen LogP contribution in [0.25, 0.3) is 10.9 Å². The summed E-state index contributed by atoms with van der Waals surface area (Å²) in [4.78, 5) is 69.0. The van der Waals surface area contributed by atoms with Crippen LogP contribution in [0.15, 0.2) is 55.5 Å². The highest BCUT2D eigenvalue weighted by molar-refractivity contribution is 7.98. The number of carbonyl (C=O) groups excluding carboxylic acids is 3. The predicted molar refractivity (Wildman–Crippen MR) is 161 cm³/mol. The number of nitrogens with zero attached hydrogens (tertiary/aromatic N) is 2. The van der Waals surface area contributed by atoms with E-state index in [0.717, 1.165) is 16.5 Å². The molecule has 3 amide bonds. The lowest BCUT2D eigenvalue weighted by atomic mass is 10.0. The van der Waals surface area contributed by atoms with E-state index < -0.39 is 47.9 Å². The number of H-pyrrole nitrogens is 3. The van der Waals surface area contributed by atoms with Crippen molar-refractivity contribution in [1.29, 1.82) is 0 Å². The van der Waals surface area contributed by atoms with Gasteiger partial charge in [0, 0.05) is 60.1 Å². The number of hydrogen-bond donors (Lipinski definition) is 8. The summed E-state index contributed by atoms with van der Waals surface area (Å²) in [6, 6.07) is 3.06. The Hall–Kier alpha value is -4.63. The third kappa shape index (κ3) is 8.68. The van der Waals surface area contributed by atoms with Gasteiger partial charge in [-0.3, -0.25) is 14.4 Å². The molecule has 1 aromatic carbocycles. The first kappa shape index (κ1) is 31.3. The number of carbonyl (C=O) groups is 4. The maximum atomic E-state index is 13.6. The molecule has 9 N–H and O–H groups in total. The van der Waals surface area contributed by atoms with Gasteiger partial charge in [0.15, 0.2) is 0 Å². The van der Waals surface area contributed by atoms with E-state index in [0.29, 0.717) is 23.6 Å². The first-order chi connectivity index (χ1) is 20.7. The fraction of sp³-hybridized carbons (Fsp3) is 0.357. The summed E-state index contributed by atoms with van der Waals surface area (Å²) in [5.41, 5.74) is 8.71. The van der Waals surface area contributed by atoms with Crippen LogP contribution in [0, 0.1) is 0 Å². The largest absolute Gasteiger partial charge is 0.480 e. The molecule has 0 saturated heterocycles. The molecule has 14 nitrogen and oxygen atoms in total. The minimum absolute atomic E-state index is 0.00500. The smallest absolute Gasteiger partial charge is 0.326 e. The summed E-state index contributed by atoms with van der Waals surface area (Å²) in [6.07, 6.45) is 10.0. The molecule has 43 heavy (non-hydrogen) atoms.